The maximum atomic E-state index is 9.87. The van der Waals surface area contributed by atoms with Gasteiger partial charge in [-0.25, -0.2) is 13.1 Å². The standard InChI is InChI=1S/C4H10NO2S/c1-3-4(2)5-8(6)7/h4,8H,1,3H2,2H3,(H,5,6,7). The van der Waals surface area contributed by atoms with E-state index in [-0.39, 0.29) is 6.04 Å². The fourth-order valence-corrected chi connectivity index (χ4v) is 0.733. The van der Waals surface area contributed by atoms with Crippen LogP contribution in [0, 0.1) is 6.92 Å². The third-order valence-corrected chi connectivity index (χ3v) is 1.41. The third-order valence-electron chi connectivity index (χ3n) is 0.759. The molecule has 1 atom stereocenters. The molecule has 0 fully saturated rings. The first-order valence-corrected chi connectivity index (χ1v) is 3.54. The summed E-state index contributed by atoms with van der Waals surface area (Å²) in [6.07, 6.45) is 0.587. The predicted molar refractivity (Wildman–Crippen MR) is 32.9 cm³/mol. The largest absolute Gasteiger partial charge is 0.216 e. The molecule has 1 N–H and O–H groups in total. The molecule has 4 heteroatoms. The normalized spacial score (nSPS) is 14.4. The van der Waals surface area contributed by atoms with Crippen molar-refractivity contribution < 1.29 is 8.42 Å². The van der Waals surface area contributed by atoms with E-state index in [9.17, 15) is 8.42 Å². The minimum Gasteiger partial charge on any atom is -0.216 e. The number of rotatable bonds is 3. The Kier molecular flexibility index (Phi) is 3.81. The van der Waals surface area contributed by atoms with Crippen LogP contribution in [0.5, 0.6) is 0 Å². The Balaban J connectivity index is 3.39. The summed E-state index contributed by atoms with van der Waals surface area (Å²) in [5.74, 6) is 0. The Morgan fingerprint density at radius 3 is 2.38 bits per heavy atom. The summed E-state index contributed by atoms with van der Waals surface area (Å²) in [5.41, 5.74) is 0. The zero-order valence-corrected chi connectivity index (χ0v) is 5.65. The van der Waals surface area contributed by atoms with Crippen LogP contribution in [-0.2, 0) is 10.9 Å². The van der Waals surface area contributed by atoms with Gasteiger partial charge in [0.2, 0.25) is 10.9 Å². The second kappa shape index (κ2) is 3.86. The molecule has 3 nitrogen and oxygen atoms in total. The van der Waals surface area contributed by atoms with E-state index >= 15 is 0 Å². The van der Waals surface area contributed by atoms with Gasteiger partial charge < -0.3 is 0 Å². The van der Waals surface area contributed by atoms with Gasteiger partial charge in [0.25, 0.3) is 0 Å². The minimum absolute atomic E-state index is 0.0314. The first-order valence-electron chi connectivity index (χ1n) is 2.36. The van der Waals surface area contributed by atoms with Gasteiger partial charge in [0.1, 0.15) is 0 Å². The van der Waals surface area contributed by atoms with Crippen molar-refractivity contribution in [1.82, 2.24) is 4.72 Å². The van der Waals surface area contributed by atoms with Gasteiger partial charge in [-0.3, -0.25) is 0 Å². The van der Waals surface area contributed by atoms with Gasteiger partial charge in [0.05, 0.1) is 0 Å². The molecule has 0 spiro atoms. The molecule has 0 aliphatic rings. The minimum atomic E-state index is -2.44. The third kappa shape index (κ3) is 4.08. The molecular formula is C4H10NO2S. The van der Waals surface area contributed by atoms with Crippen LogP contribution < -0.4 is 4.72 Å². The number of hydrogen-bond acceptors (Lipinski definition) is 2. The van der Waals surface area contributed by atoms with Gasteiger partial charge in [-0.15, -0.1) is 0 Å². The van der Waals surface area contributed by atoms with Crippen molar-refractivity contribution in [2.45, 2.75) is 19.4 Å². The summed E-state index contributed by atoms with van der Waals surface area (Å²) in [5, 5.41) is 0. The van der Waals surface area contributed by atoms with E-state index in [2.05, 4.69) is 11.6 Å². The average Bonchev–Trinajstić information content (AvgIpc) is 1.65. The molecule has 0 saturated heterocycles. The smallest absolute Gasteiger partial charge is 0.201 e. The van der Waals surface area contributed by atoms with Crippen molar-refractivity contribution in [2.24, 2.45) is 0 Å². The fourth-order valence-electron chi connectivity index (χ4n) is 0.244. The zero-order chi connectivity index (χ0) is 6.57. The topological polar surface area (TPSA) is 46.2 Å². The van der Waals surface area contributed by atoms with E-state index in [1.807, 2.05) is 0 Å². The summed E-state index contributed by atoms with van der Waals surface area (Å²) in [6, 6.07) is -0.0314. The van der Waals surface area contributed by atoms with Crippen LogP contribution in [0.4, 0.5) is 0 Å². The van der Waals surface area contributed by atoms with Crippen LogP contribution in [-0.4, -0.2) is 14.5 Å². The molecule has 0 aromatic rings. The lowest BCUT2D eigenvalue weighted by Gasteiger charge is -2.01. The monoisotopic (exact) mass is 136 g/mol. The average molecular weight is 136 g/mol. The summed E-state index contributed by atoms with van der Waals surface area (Å²) >= 11 is 0. The highest BCUT2D eigenvalue weighted by Crippen LogP contribution is 1.84. The van der Waals surface area contributed by atoms with E-state index in [1.54, 1.807) is 6.92 Å². The summed E-state index contributed by atoms with van der Waals surface area (Å²) < 4.78 is 22.0. The predicted octanol–water partition coefficient (Wildman–Crippen LogP) is -0.285. The van der Waals surface area contributed by atoms with E-state index in [0.29, 0.717) is 6.42 Å². The maximum Gasteiger partial charge on any atom is 0.201 e. The van der Waals surface area contributed by atoms with Crippen LogP contribution in [0.1, 0.15) is 13.3 Å². The van der Waals surface area contributed by atoms with E-state index < -0.39 is 10.9 Å². The molecule has 0 bridgehead atoms. The SMILES string of the molecule is [CH2]CC(C)N[SH](=O)=O. The Bertz CT molecular complexity index is 113. The summed E-state index contributed by atoms with van der Waals surface area (Å²) in [7, 11) is -2.44. The highest BCUT2D eigenvalue weighted by molar-refractivity contribution is 7.70. The Hall–Kier alpha value is -0.0900. The van der Waals surface area contributed by atoms with Crippen LogP contribution in [0.2, 0.25) is 0 Å². The highest BCUT2D eigenvalue weighted by atomic mass is 32.2. The lowest BCUT2D eigenvalue weighted by Crippen LogP contribution is -2.22. The quantitative estimate of drug-likeness (QED) is 0.524. The molecule has 1 radical (unpaired) electrons. The molecule has 0 aromatic carbocycles. The van der Waals surface area contributed by atoms with Crippen molar-refractivity contribution in [3.05, 3.63) is 6.92 Å². The van der Waals surface area contributed by atoms with Crippen LogP contribution in [0.3, 0.4) is 0 Å². The van der Waals surface area contributed by atoms with Crippen molar-refractivity contribution in [2.75, 3.05) is 0 Å². The first-order chi connectivity index (χ1) is 3.66. The molecule has 0 aliphatic carbocycles. The Morgan fingerprint density at radius 1 is 1.75 bits per heavy atom. The van der Waals surface area contributed by atoms with Crippen molar-refractivity contribution in [3.63, 3.8) is 0 Å². The molecule has 49 valence electrons. The second-order valence-electron chi connectivity index (χ2n) is 1.58. The van der Waals surface area contributed by atoms with E-state index in [0.717, 1.165) is 0 Å². The van der Waals surface area contributed by atoms with Gasteiger partial charge in [0.15, 0.2) is 0 Å². The number of hydrogen-bond donors (Lipinski definition) is 2. The Labute approximate surface area is 51.2 Å². The summed E-state index contributed by atoms with van der Waals surface area (Å²) in [6.45, 7) is 5.27. The molecule has 0 saturated carbocycles. The molecule has 8 heavy (non-hydrogen) atoms. The van der Waals surface area contributed by atoms with E-state index in [1.165, 1.54) is 0 Å². The molecule has 0 aromatic heterocycles. The van der Waals surface area contributed by atoms with Crippen LogP contribution in [0.25, 0.3) is 0 Å². The van der Waals surface area contributed by atoms with Gasteiger partial charge >= 0.3 is 0 Å². The molecule has 0 aliphatic heterocycles. The first kappa shape index (κ1) is 7.91. The zero-order valence-electron chi connectivity index (χ0n) is 4.76. The van der Waals surface area contributed by atoms with Crippen LogP contribution >= 0.6 is 0 Å². The van der Waals surface area contributed by atoms with Crippen LogP contribution in [0.15, 0.2) is 0 Å². The summed E-state index contributed by atoms with van der Waals surface area (Å²) in [4.78, 5) is 0. The lowest BCUT2D eigenvalue weighted by molar-refractivity contribution is 0.581. The Morgan fingerprint density at radius 2 is 2.25 bits per heavy atom. The maximum absolute atomic E-state index is 9.87. The van der Waals surface area contributed by atoms with Crippen molar-refractivity contribution in [3.8, 4) is 0 Å². The van der Waals surface area contributed by atoms with Crippen molar-refractivity contribution >= 4 is 10.9 Å². The van der Waals surface area contributed by atoms with Gasteiger partial charge in [-0.1, -0.05) is 6.92 Å². The second-order valence-corrected chi connectivity index (χ2v) is 2.35. The molecule has 0 amide bonds. The molecular weight excluding hydrogens is 126 g/mol. The number of thiol groups is 1. The lowest BCUT2D eigenvalue weighted by atomic mass is 10.3. The molecule has 0 heterocycles. The van der Waals surface area contributed by atoms with Gasteiger partial charge in [0, 0.05) is 6.04 Å². The van der Waals surface area contributed by atoms with Gasteiger partial charge in [-0.05, 0) is 13.3 Å². The van der Waals surface area contributed by atoms with Crippen molar-refractivity contribution in [1.29, 1.82) is 0 Å². The van der Waals surface area contributed by atoms with Gasteiger partial charge in [-0.2, -0.15) is 0 Å². The molecule has 0 rings (SSSR count). The fraction of sp³-hybridized carbons (Fsp3) is 0.750. The highest BCUT2D eigenvalue weighted by Gasteiger charge is 1.94. The molecule has 1 unspecified atom stereocenters. The number of nitrogens with one attached hydrogen (secondary N) is 1. The van der Waals surface area contributed by atoms with E-state index in [4.69, 9.17) is 0 Å².